The number of hydrogen-bond acceptors (Lipinski definition) is 2. The van der Waals surface area contributed by atoms with Gasteiger partial charge >= 0.3 is 0 Å². The minimum absolute atomic E-state index is 0.711. The molecule has 1 aliphatic heterocycles. The van der Waals surface area contributed by atoms with E-state index >= 15 is 0 Å². The van der Waals surface area contributed by atoms with E-state index in [4.69, 9.17) is 0 Å². The van der Waals surface area contributed by atoms with Gasteiger partial charge in [0.25, 0.3) is 0 Å². The Labute approximate surface area is 111 Å². The molecular weight excluding hydrogens is 220 g/mol. The zero-order valence-electron chi connectivity index (χ0n) is 11.7. The number of likely N-dealkylation sites (tertiary alicyclic amines) is 1. The van der Waals surface area contributed by atoms with Gasteiger partial charge in [0, 0.05) is 19.1 Å². The van der Waals surface area contributed by atoms with Gasteiger partial charge in [-0.2, -0.15) is 0 Å². The Morgan fingerprint density at radius 2 is 2.06 bits per heavy atom. The fraction of sp³-hybridized carbons (Fsp3) is 0.625. The molecule has 1 aromatic rings. The topological polar surface area (TPSA) is 15.3 Å². The van der Waals surface area contributed by atoms with Crippen molar-refractivity contribution in [3.8, 4) is 0 Å². The number of benzene rings is 1. The Kier molecular flexibility index (Phi) is 5.21. The first-order valence-corrected chi connectivity index (χ1v) is 7.23. The molecule has 1 fully saturated rings. The molecule has 1 unspecified atom stereocenters. The molecule has 2 nitrogen and oxygen atoms in total. The van der Waals surface area contributed by atoms with E-state index < -0.39 is 0 Å². The molecule has 0 bridgehead atoms. The van der Waals surface area contributed by atoms with Crippen molar-refractivity contribution in [1.29, 1.82) is 0 Å². The van der Waals surface area contributed by atoms with Crippen molar-refractivity contribution in [2.24, 2.45) is 5.92 Å². The summed E-state index contributed by atoms with van der Waals surface area (Å²) in [6, 6.07) is 11.5. The van der Waals surface area contributed by atoms with E-state index in [0.29, 0.717) is 6.04 Å². The number of nitrogens with zero attached hydrogens (tertiary/aromatic N) is 1. The van der Waals surface area contributed by atoms with Crippen LogP contribution in [-0.4, -0.2) is 37.1 Å². The minimum Gasteiger partial charge on any atom is -0.312 e. The van der Waals surface area contributed by atoms with E-state index in [9.17, 15) is 0 Å². The molecule has 1 aliphatic rings. The van der Waals surface area contributed by atoms with Gasteiger partial charge in [0.2, 0.25) is 0 Å². The van der Waals surface area contributed by atoms with Gasteiger partial charge < -0.3 is 10.2 Å². The lowest BCUT2D eigenvalue weighted by Crippen LogP contribution is -2.35. The van der Waals surface area contributed by atoms with Crippen molar-refractivity contribution in [2.45, 2.75) is 32.7 Å². The highest BCUT2D eigenvalue weighted by molar-refractivity contribution is 5.14. The van der Waals surface area contributed by atoms with Crippen molar-refractivity contribution < 1.29 is 0 Å². The van der Waals surface area contributed by atoms with Crippen LogP contribution in [0.4, 0.5) is 0 Å². The van der Waals surface area contributed by atoms with Crippen LogP contribution in [0.25, 0.3) is 0 Å². The van der Waals surface area contributed by atoms with Crippen LogP contribution in [0.1, 0.15) is 25.8 Å². The van der Waals surface area contributed by atoms with Crippen molar-refractivity contribution in [3.05, 3.63) is 35.9 Å². The van der Waals surface area contributed by atoms with Crippen LogP contribution in [0.15, 0.2) is 30.3 Å². The molecule has 1 saturated heterocycles. The van der Waals surface area contributed by atoms with Gasteiger partial charge in [-0.1, -0.05) is 44.2 Å². The standard InChI is InChI=1S/C16H26N2/c1-14(2)12-17-16-9-11-18(13-16)10-8-15-6-4-3-5-7-15/h3-7,14,16-17H,8-13H2,1-2H3. The van der Waals surface area contributed by atoms with Crippen LogP contribution in [-0.2, 0) is 6.42 Å². The molecule has 1 atom stereocenters. The molecule has 2 rings (SSSR count). The van der Waals surface area contributed by atoms with E-state index in [1.54, 1.807) is 0 Å². The molecule has 1 N–H and O–H groups in total. The fourth-order valence-electron chi connectivity index (χ4n) is 2.54. The first-order valence-electron chi connectivity index (χ1n) is 7.23. The highest BCUT2D eigenvalue weighted by Crippen LogP contribution is 2.11. The van der Waals surface area contributed by atoms with Crippen molar-refractivity contribution >= 4 is 0 Å². The predicted molar refractivity (Wildman–Crippen MR) is 77.8 cm³/mol. The smallest absolute Gasteiger partial charge is 0.0207 e. The highest BCUT2D eigenvalue weighted by Gasteiger charge is 2.21. The number of rotatable bonds is 6. The van der Waals surface area contributed by atoms with Crippen LogP contribution in [0, 0.1) is 5.92 Å². The molecule has 18 heavy (non-hydrogen) atoms. The number of hydrogen-bond donors (Lipinski definition) is 1. The van der Waals surface area contributed by atoms with E-state index in [2.05, 4.69) is 54.4 Å². The lowest BCUT2D eigenvalue weighted by atomic mass is 10.1. The summed E-state index contributed by atoms with van der Waals surface area (Å²) < 4.78 is 0. The predicted octanol–water partition coefficient (Wildman–Crippen LogP) is 2.55. The van der Waals surface area contributed by atoms with Gasteiger partial charge in [0.05, 0.1) is 0 Å². The summed E-state index contributed by atoms with van der Waals surface area (Å²) in [7, 11) is 0. The molecule has 1 aromatic carbocycles. The average Bonchev–Trinajstić information content (AvgIpc) is 2.83. The molecule has 0 amide bonds. The molecule has 1 heterocycles. The van der Waals surface area contributed by atoms with E-state index in [-0.39, 0.29) is 0 Å². The Bertz CT molecular complexity index is 334. The molecule has 0 spiro atoms. The van der Waals surface area contributed by atoms with Crippen molar-refractivity contribution in [3.63, 3.8) is 0 Å². The molecule has 0 saturated carbocycles. The third kappa shape index (κ3) is 4.43. The first-order chi connectivity index (χ1) is 8.74. The van der Waals surface area contributed by atoms with Gasteiger partial charge in [0.15, 0.2) is 0 Å². The van der Waals surface area contributed by atoms with Crippen LogP contribution in [0.3, 0.4) is 0 Å². The monoisotopic (exact) mass is 246 g/mol. The van der Waals surface area contributed by atoms with Gasteiger partial charge in [-0.3, -0.25) is 0 Å². The molecule has 0 aromatic heterocycles. The molecule has 2 heteroatoms. The third-order valence-electron chi connectivity index (χ3n) is 3.65. The maximum atomic E-state index is 3.67. The summed E-state index contributed by atoms with van der Waals surface area (Å²) in [4.78, 5) is 2.59. The lowest BCUT2D eigenvalue weighted by molar-refractivity contribution is 0.329. The number of nitrogens with one attached hydrogen (secondary N) is 1. The van der Waals surface area contributed by atoms with E-state index in [1.165, 1.54) is 38.0 Å². The summed E-state index contributed by atoms with van der Waals surface area (Å²) in [5.74, 6) is 0.753. The molecular formula is C16H26N2. The maximum Gasteiger partial charge on any atom is 0.0207 e. The van der Waals surface area contributed by atoms with Gasteiger partial charge in [-0.15, -0.1) is 0 Å². The fourth-order valence-corrected chi connectivity index (χ4v) is 2.54. The summed E-state index contributed by atoms with van der Waals surface area (Å²) in [5.41, 5.74) is 1.45. The summed E-state index contributed by atoms with van der Waals surface area (Å²) in [5, 5.41) is 3.67. The second-order valence-corrected chi connectivity index (χ2v) is 5.82. The normalized spacial score (nSPS) is 20.7. The summed E-state index contributed by atoms with van der Waals surface area (Å²) >= 11 is 0. The van der Waals surface area contributed by atoms with Crippen LogP contribution >= 0.6 is 0 Å². The second kappa shape index (κ2) is 6.91. The Hall–Kier alpha value is -0.860. The summed E-state index contributed by atoms with van der Waals surface area (Å²) in [6.45, 7) is 9.37. The van der Waals surface area contributed by atoms with Crippen LogP contribution in [0.2, 0.25) is 0 Å². The third-order valence-corrected chi connectivity index (χ3v) is 3.65. The second-order valence-electron chi connectivity index (χ2n) is 5.82. The minimum atomic E-state index is 0.711. The maximum absolute atomic E-state index is 3.67. The average molecular weight is 246 g/mol. The SMILES string of the molecule is CC(C)CNC1CCN(CCc2ccccc2)C1. The molecule has 0 radical (unpaired) electrons. The Balaban J connectivity index is 1.67. The quantitative estimate of drug-likeness (QED) is 0.830. The Morgan fingerprint density at radius 1 is 1.28 bits per heavy atom. The zero-order valence-corrected chi connectivity index (χ0v) is 11.7. The van der Waals surface area contributed by atoms with Crippen LogP contribution in [0.5, 0.6) is 0 Å². The van der Waals surface area contributed by atoms with Gasteiger partial charge in [0.1, 0.15) is 0 Å². The molecule has 100 valence electrons. The van der Waals surface area contributed by atoms with Crippen molar-refractivity contribution in [2.75, 3.05) is 26.2 Å². The molecule has 0 aliphatic carbocycles. The highest BCUT2D eigenvalue weighted by atomic mass is 15.2. The van der Waals surface area contributed by atoms with E-state index in [0.717, 1.165) is 12.5 Å². The van der Waals surface area contributed by atoms with E-state index in [1.807, 2.05) is 0 Å². The summed E-state index contributed by atoms with van der Waals surface area (Å²) in [6.07, 6.45) is 2.49. The largest absolute Gasteiger partial charge is 0.312 e. The first kappa shape index (κ1) is 13.6. The van der Waals surface area contributed by atoms with Gasteiger partial charge in [-0.05, 0) is 37.4 Å². The zero-order chi connectivity index (χ0) is 12.8. The lowest BCUT2D eigenvalue weighted by Gasteiger charge is -2.17. The van der Waals surface area contributed by atoms with Crippen molar-refractivity contribution in [1.82, 2.24) is 10.2 Å². The van der Waals surface area contributed by atoms with Crippen LogP contribution < -0.4 is 5.32 Å². The Morgan fingerprint density at radius 3 is 2.78 bits per heavy atom. The van der Waals surface area contributed by atoms with Gasteiger partial charge in [-0.25, -0.2) is 0 Å².